The number of amides is 2. The maximum absolute atomic E-state index is 12.0. The first-order chi connectivity index (χ1) is 42.0. The highest BCUT2D eigenvalue weighted by Gasteiger charge is 2.54. The van der Waals surface area contributed by atoms with Gasteiger partial charge in [0.15, 0.2) is 25.2 Å². The maximum atomic E-state index is 12.0. The predicted octanol–water partition coefficient (Wildman–Crippen LogP) is -5.09. The molecule has 0 radical (unpaired) electrons. The molecule has 2 amide bonds. The largest absolute Gasteiger partial charge is 0.444 e. The van der Waals surface area contributed by atoms with Crippen LogP contribution in [-0.2, 0) is 52.1 Å². The Morgan fingerprint density at radius 1 is 0.511 bits per heavy atom. The van der Waals surface area contributed by atoms with Crippen LogP contribution in [0.15, 0.2) is 0 Å². The van der Waals surface area contributed by atoms with Crippen LogP contribution < -0.4 is 33.2 Å². The Bertz CT molecular complexity index is 2080. The molecule has 0 aromatic heterocycles. The van der Waals surface area contributed by atoms with Gasteiger partial charge in [-0.1, -0.05) is 41.5 Å². The second-order valence-corrected chi connectivity index (χ2v) is 27.0. The second kappa shape index (κ2) is 34.4. The van der Waals surface area contributed by atoms with Crippen molar-refractivity contribution in [2.45, 2.75) is 291 Å². The molecular formula is C58H110N6O26. The molecule has 5 saturated heterocycles. The number of nitrogens with two attached hydrogens (primary N) is 3. The van der Waals surface area contributed by atoms with Crippen LogP contribution in [0.1, 0.15) is 109 Å². The molecule has 7 aliphatic rings. The summed E-state index contributed by atoms with van der Waals surface area (Å²) in [6, 6.07) is -3.60. The van der Waals surface area contributed by atoms with Gasteiger partial charge in [-0.3, -0.25) is 0 Å². The van der Waals surface area contributed by atoms with E-state index in [2.05, 4.69) is 16.0 Å². The molecule has 32 nitrogen and oxygen atoms in total. The van der Waals surface area contributed by atoms with Gasteiger partial charge in [-0.25, -0.2) is 9.59 Å². The normalized spacial score (nSPS) is 44.3. The number of nitrogens with one attached hydrogen (secondary N) is 3. The molecule has 7 rings (SSSR count). The van der Waals surface area contributed by atoms with E-state index in [1.165, 1.54) is 0 Å². The fraction of sp³-hybridized carbons (Fsp3) is 0.966. The first-order valence-corrected chi connectivity index (χ1v) is 31.5. The number of ether oxygens (including phenoxy) is 11. The summed E-state index contributed by atoms with van der Waals surface area (Å²) in [4.78, 5) is 23.0. The Hall–Kier alpha value is -2.50. The van der Waals surface area contributed by atoms with E-state index in [0.717, 1.165) is 6.61 Å². The van der Waals surface area contributed by atoms with Crippen LogP contribution in [-0.4, -0.2) is 301 Å². The van der Waals surface area contributed by atoms with Gasteiger partial charge in [-0.05, 0) is 79.1 Å². The second-order valence-electron chi connectivity index (χ2n) is 27.0. The number of aliphatic hydroxyl groups is 13. The number of carbonyl (C=O) groups is 2. The zero-order chi connectivity index (χ0) is 67.6. The minimum atomic E-state index is -1.51. The number of rotatable bonds is 19. The first kappa shape index (κ1) is 78.2. The molecule has 5 aliphatic heterocycles. The monoisotopic (exact) mass is 1310 g/mol. The highest BCUT2D eigenvalue weighted by Crippen LogP contribution is 2.39. The molecule has 2 aliphatic carbocycles. The number of hydrogen-bond donors (Lipinski definition) is 19. The Balaban J connectivity index is 0.000000284. The van der Waals surface area contributed by atoms with E-state index in [1.54, 1.807) is 41.5 Å². The standard InChI is InChI=1S/C29H55N3O13.C21H40N2O10.C8H15NO3/c1-7-16-21(37)19(35)13(3)26(41-16)43-24-12(2)8-15(31-9-14(34)10-32-28(40)45-29(4,5)6)25(23(24)39)44-27-22(38)18(30)20(36)17(11-33)42-27;1-4-10-15(27)13(25)8(3)20(30-10)32-18-7(2)5-9(22)19(17(18)29)33-21-16(28)12(23)14(26)11(6-24)31-21;1-8(2,3)12-7(10)9-4-6-5-11-6/h12-27,31,33-39H,7-11,30H2,1-6H3,(H,32,40);7-21,24-29H,4-6,22-23H2,1-3H3;6H,4-5H2,1-3H3,(H,9,10)/t12-,13+,14?,15+,16+,17+,18-,19+,20+,21+,22+,23-,24?,25-,26+,27+;7-,8+,9+,10+,11+,12-,13+,14+,15+,16+,17-,18?,19-,20+,21+;/m00./s1. The summed E-state index contributed by atoms with van der Waals surface area (Å²) >= 11 is 0. The number of aliphatic hydroxyl groups excluding tert-OH is 13. The lowest BCUT2D eigenvalue weighted by Crippen LogP contribution is -2.67. The molecule has 22 N–H and O–H groups in total. The molecule has 32 heteroatoms. The van der Waals surface area contributed by atoms with Gasteiger partial charge >= 0.3 is 12.2 Å². The van der Waals surface area contributed by atoms with Crippen molar-refractivity contribution in [3.63, 3.8) is 0 Å². The summed E-state index contributed by atoms with van der Waals surface area (Å²) in [6.45, 7) is 21.4. The van der Waals surface area contributed by atoms with E-state index >= 15 is 0 Å². The molecule has 528 valence electrons. The Labute approximate surface area is 526 Å². The molecule has 0 aromatic carbocycles. The molecule has 0 bridgehead atoms. The van der Waals surface area contributed by atoms with Crippen LogP contribution in [0.5, 0.6) is 0 Å². The molecule has 5 heterocycles. The van der Waals surface area contributed by atoms with E-state index in [9.17, 15) is 76.0 Å². The summed E-state index contributed by atoms with van der Waals surface area (Å²) in [5.41, 5.74) is 16.9. The van der Waals surface area contributed by atoms with Crippen molar-refractivity contribution >= 4 is 12.2 Å². The summed E-state index contributed by atoms with van der Waals surface area (Å²) in [7, 11) is 0. The van der Waals surface area contributed by atoms with Gasteiger partial charge in [0.25, 0.3) is 0 Å². The van der Waals surface area contributed by atoms with E-state index in [-0.39, 0.29) is 37.1 Å². The average Bonchev–Trinajstić information content (AvgIpc) is 1.19. The summed E-state index contributed by atoms with van der Waals surface area (Å²) in [6.07, 6.45) is -24.7. The fourth-order valence-corrected chi connectivity index (χ4v) is 11.7. The lowest BCUT2D eigenvalue weighted by molar-refractivity contribution is -0.329. The third-order valence-corrected chi connectivity index (χ3v) is 17.2. The van der Waals surface area contributed by atoms with Gasteiger partial charge in [-0.2, -0.15) is 0 Å². The predicted molar refractivity (Wildman–Crippen MR) is 315 cm³/mol. The molecule has 7 fully saturated rings. The van der Waals surface area contributed by atoms with E-state index in [0.29, 0.717) is 32.2 Å². The molecular weight excluding hydrogens is 1200 g/mol. The van der Waals surface area contributed by atoms with Gasteiger partial charge < -0.3 is 152 Å². The topological polar surface area (TPSA) is 516 Å². The molecule has 4 unspecified atom stereocenters. The van der Waals surface area contributed by atoms with E-state index < -0.39 is 208 Å². The third kappa shape index (κ3) is 21.2. The molecule has 0 aromatic rings. The minimum Gasteiger partial charge on any atom is -0.444 e. The van der Waals surface area contributed by atoms with Crippen molar-refractivity contribution in [2.75, 3.05) is 39.5 Å². The van der Waals surface area contributed by atoms with Crippen LogP contribution in [0.4, 0.5) is 9.59 Å². The minimum absolute atomic E-state index is 0.0259. The van der Waals surface area contributed by atoms with E-state index in [4.69, 9.17) is 69.3 Å². The number of carbonyl (C=O) groups excluding carboxylic acids is 2. The average molecular weight is 1310 g/mol. The zero-order valence-corrected chi connectivity index (χ0v) is 53.9. The van der Waals surface area contributed by atoms with Crippen molar-refractivity contribution in [3.05, 3.63) is 0 Å². The van der Waals surface area contributed by atoms with Crippen LogP contribution in [0.3, 0.4) is 0 Å². The SMILES string of the molecule is CC(C)(C)OC(=O)NCC1CO1.CC[C@H]1O[C@H](OC2[C@@H](C)C[C@@H](N)[C@H](O[C@H]3O[C@H](CO)[C@@H](O)[C@H](N)[C@H]3O)[C@H]2O)[C@H](C)[C@@H](O)[C@@H]1O.CC[C@H]1O[C@H](OC2[C@@H](C)C[C@@H](NCC(O)CNC(=O)OC(C)(C)C)[C@H](O[C@H]3O[C@H](CO)[C@@H](O)[C@H](N)[C@H]3O)[C@H]2O)[C@H](C)[C@@H](O)[C@@H]1O. The van der Waals surface area contributed by atoms with Crippen molar-refractivity contribution < 1.29 is 128 Å². The molecule has 32 atom stereocenters. The third-order valence-electron chi connectivity index (χ3n) is 17.2. The van der Waals surface area contributed by atoms with Gasteiger partial charge in [0, 0.05) is 43.6 Å². The molecule has 0 spiro atoms. The Kier molecular flexibility index (Phi) is 29.9. The van der Waals surface area contributed by atoms with E-state index in [1.807, 2.05) is 41.5 Å². The Morgan fingerprint density at radius 3 is 1.31 bits per heavy atom. The highest BCUT2D eigenvalue weighted by molar-refractivity contribution is 5.68. The van der Waals surface area contributed by atoms with Crippen molar-refractivity contribution in [3.8, 4) is 0 Å². The summed E-state index contributed by atoms with van der Waals surface area (Å²) in [5.74, 6) is -1.69. The maximum Gasteiger partial charge on any atom is 0.407 e. The molecule has 90 heavy (non-hydrogen) atoms. The van der Waals surface area contributed by atoms with Gasteiger partial charge in [0.1, 0.15) is 84.4 Å². The quantitative estimate of drug-likeness (QED) is 0.0538. The van der Waals surface area contributed by atoms with Crippen molar-refractivity contribution in [1.82, 2.24) is 16.0 Å². The Morgan fingerprint density at radius 2 is 0.900 bits per heavy atom. The van der Waals surface area contributed by atoms with Crippen LogP contribution in [0, 0.1) is 23.7 Å². The number of alkyl carbamates (subject to hydrolysis) is 2. The molecule has 2 saturated carbocycles. The summed E-state index contributed by atoms with van der Waals surface area (Å²) in [5, 5.41) is 144. The van der Waals surface area contributed by atoms with Crippen molar-refractivity contribution in [2.24, 2.45) is 40.9 Å². The van der Waals surface area contributed by atoms with Gasteiger partial charge in [0.2, 0.25) is 0 Å². The highest BCUT2D eigenvalue weighted by atomic mass is 16.7. The lowest BCUT2D eigenvalue weighted by atomic mass is 9.79. The van der Waals surface area contributed by atoms with Crippen LogP contribution in [0.25, 0.3) is 0 Å². The van der Waals surface area contributed by atoms with Crippen molar-refractivity contribution in [1.29, 1.82) is 0 Å². The van der Waals surface area contributed by atoms with Gasteiger partial charge in [-0.15, -0.1) is 0 Å². The number of hydrogen-bond acceptors (Lipinski definition) is 30. The van der Waals surface area contributed by atoms with Crippen LogP contribution >= 0.6 is 0 Å². The fourth-order valence-electron chi connectivity index (χ4n) is 11.7. The number of epoxide rings is 1. The summed E-state index contributed by atoms with van der Waals surface area (Å²) < 4.78 is 62.3. The smallest absolute Gasteiger partial charge is 0.407 e. The lowest BCUT2D eigenvalue weighted by Gasteiger charge is -2.49. The first-order valence-electron chi connectivity index (χ1n) is 31.5. The van der Waals surface area contributed by atoms with Gasteiger partial charge in [0.05, 0.1) is 80.7 Å². The zero-order valence-electron chi connectivity index (χ0n) is 53.9. The van der Waals surface area contributed by atoms with Crippen LogP contribution in [0.2, 0.25) is 0 Å².